The molecule has 26 heavy (non-hydrogen) atoms. The minimum atomic E-state index is -0.572. The number of benzene rings is 1. The molecule has 1 heterocycles. The molecule has 2 rings (SSSR count). The normalized spacial score (nSPS) is 15.9. The summed E-state index contributed by atoms with van der Waals surface area (Å²) in [5, 5.41) is 2.50. The number of methoxy groups -OCH3 is 2. The summed E-state index contributed by atoms with van der Waals surface area (Å²) in [6, 6.07) is 1.65. The fourth-order valence-electron chi connectivity index (χ4n) is 2.47. The summed E-state index contributed by atoms with van der Waals surface area (Å²) in [5.74, 6) is -0.578. The molecule has 1 aliphatic heterocycles. The van der Waals surface area contributed by atoms with Gasteiger partial charge in [-0.25, -0.2) is 0 Å². The van der Waals surface area contributed by atoms with Crippen molar-refractivity contribution in [1.82, 2.24) is 10.2 Å². The Morgan fingerprint density at radius 2 is 2.08 bits per heavy atom. The maximum Gasteiger partial charge on any atom is 0.277 e. The van der Waals surface area contributed by atoms with Gasteiger partial charge in [0.05, 0.1) is 7.11 Å². The van der Waals surface area contributed by atoms with Crippen LogP contribution in [-0.2, 0) is 19.1 Å². The Balaban J connectivity index is 2.51. The molecule has 0 aliphatic carbocycles. The highest BCUT2D eigenvalue weighted by Crippen LogP contribution is 2.39. The van der Waals surface area contributed by atoms with Gasteiger partial charge in [-0.2, -0.15) is 0 Å². The Bertz CT molecular complexity index is 790. The molecule has 0 radical (unpaired) electrons. The third-order valence-corrected chi connectivity index (χ3v) is 4.75. The van der Waals surface area contributed by atoms with Crippen LogP contribution in [0.2, 0.25) is 0 Å². The highest BCUT2D eigenvalue weighted by molar-refractivity contribution is 9.10. The van der Waals surface area contributed by atoms with E-state index in [0.717, 1.165) is 10.5 Å². The number of ether oxygens (including phenoxy) is 3. The zero-order valence-electron chi connectivity index (χ0n) is 14.8. The number of piperazine rings is 1. The molecule has 1 aliphatic rings. The summed E-state index contributed by atoms with van der Waals surface area (Å²) in [6.45, 7) is 2.77. The molecule has 1 aromatic rings. The predicted octanol–water partition coefficient (Wildman–Crippen LogP) is 1.59. The lowest BCUT2D eigenvalue weighted by Gasteiger charge is -2.25. The van der Waals surface area contributed by atoms with E-state index in [1.165, 1.54) is 27.2 Å². The van der Waals surface area contributed by atoms with Gasteiger partial charge in [0.25, 0.3) is 5.91 Å². The average Bonchev–Trinajstić information content (AvgIpc) is 2.59. The van der Waals surface area contributed by atoms with Crippen LogP contribution in [0.4, 0.5) is 0 Å². The molecule has 1 saturated heterocycles. The number of rotatable bonds is 5. The van der Waals surface area contributed by atoms with Crippen LogP contribution in [0.3, 0.4) is 0 Å². The van der Waals surface area contributed by atoms with E-state index in [1.807, 2.05) is 6.92 Å². The number of nitrogens with zero attached hydrogens (tertiary/aromatic N) is 1. The standard InChI is InChI=1S/C17H19BrN2O6/c1-9-15(18)11(6-13(16(9)25-4)26-8-24-3)5-12-17(23)20(10(2)21)7-14(22)19-12/h5-6H,7-8H2,1-4H3,(H,19,22)/b12-5+. The van der Waals surface area contributed by atoms with Gasteiger partial charge in [-0.1, -0.05) is 0 Å². The molecule has 9 heteroatoms. The van der Waals surface area contributed by atoms with Gasteiger partial charge in [-0.05, 0) is 40.6 Å². The van der Waals surface area contributed by atoms with Crippen LogP contribution in [-0.4, -0.2) is 50.2 Å². The first-order chi connectivity index (χ1) is 12.3. The molecule has 3 amide bonds. The molecule has 0 spiro atoms. The van der Waals surface area contributed by atoms with Crippen molar-refractivity contribution in [2.24, 2.45) is 0 Å². The van der Waals surface area contributed by atoms with E-state index in [2.05, 4.69) is 21.2 Å². The van der Waals surface area contributed by atoms with Crippen LogP contribution in [0.25, 0.3) is 6.08 Å². The Morgan fingerprint density at radius 3 is 2.65 bits per heavy atom. The van der Waals surface area contributed by atoms with E-state index in [-0.39, 0.29) is 19.0 Å². The molecule has 1 aromatic carbocycles. The number of carbonyl (C=O) groups is 3. The molecule has 1 fully saturated rings. The molecular weight excluding hydrogens is 408 g/mol. The van der Waals surface area contributed by atoms with Gasteiger partial charge in [0, 0.05) is 24.1 Å². The maximum atomic E-state index is 12.4. The number of halogens is 1. The maximum absolute atomic E-state index is 12.4. The summed E-state index contributed by atoms with van der Waals surface area (Å²) < 4.78 is 16.5. The summed E-state index contributed by atoms with van der Waals surface area (Å²) in [6.07, 6.45) is 1.48. The lowest BCUT2D eigenvalue weighted by molar-refractivity contribution is -0.147. The second-order valence-corrected chi connectivity index (χ2v) is 6.30. The first kappa shape index (κ1) is 19.9. The van der Waals surface area contributed by atoms with Crippen molar-refractivity contribution >= 4 is 39.7 Å². The Morgan fingerprint density at radius 1 is 1.38 bits per heavy atom. The van der Waals surface area contributed by atoms with Crippen molar-refractivity contribution in [3.05, 3.63) is 27.4 Å². The zero-order valence-corrected chi connectivity index (χ0v) is 16.4. The predicted molar refractivity (Wildman–Crippen MR) is 96.4 cm³/mol. The van der Waals surface area contributed by atoms with Crippen molar-refractivity contribution in [3.63, 3.8) is 0 Å². The monoisotopic (exact) mass is 426 g/mol. The minimum absolute atomic E-state index is 0.000548. The van der Waals surface area contributed by atoms with Gasteiger partial charge in [0.2, 0.25) is 11.8 Å². The summed E-state index contributed by atoms with van der Waals surface area (Å²) in [4.78, 5) is 36.7. The number of carbonyl (C=O) groups excluding carboxylic acids is 3. The van der Waals surface area contributed by atoms with Gasteiger partial charge in [0.1, 0.15) is 12.2 Å². The molecule has 0 atom stereocenters. The Kier molecular flexibility index (Phi) is 6.38. The number of nitrogens with one attached hydrogen (secondary N) is 1. The highest BCUT2D eigenvalue weighted by Gasteiger charge is 2.31. The third-order valence-electron chi connectivity index (χ3n) is 3.70. The van der Waals surface area contributed by atoms with Crippen LogP contribution in [0, 0.1) is 6.92 Å². The number of hydrogen-bond acceptors (Lipinski definition) is 6. The molecule has 0 bridgehead atoms. The fraction of sp³-hybridized carbons (Fsp3) is 0.353. The van der Waals surface area contributed by atoms with Crippen LogP contribution in [0.5, 0.6) is 11.5 Å². The molecule has 0 unspecified atom stereocenters. The van der Waals surface area contributed by atoms with E-state index < -0.39 is 17.7 Å². The minimum Gasteiger partial charge on any atom is -0.493 e. The zero-order chi connectivity index (χ0) is 19.4. The van der Waals surface area contributed by atoms with E-state index in [0.29, 0.717) is 21.5 Å². The van der Waals surface area contributed by atoms with Gasteiger partial charge >= 0.3 is 0 Å². The van der Waals surface area contributed by atoms with Crippen molar-refractivity contribution < 1.29 is 28.6 Å². The van der Waals surface area contributed by atoms with E-state index in [1.54, 1.807) is 6.07 Å². The van der Waals surface area contributed by atoms with E-state index in [4.69, 9.17) is 14.2 Å². The van der Waals surface area contributed by atoms with Crippen molar-refractivity contribution in [1.29, 1.82) is 0 Å². The molecule has 0 saturated carbocycles. The average molecular weight is 427 g/mol. The van der Waals surface area contributed by atoms with E-state index in [9.17, 15) is 14.4 Å². The lowest BCUT2D eigenvalue weighted by Crippen LogP contribution is -2.51. The second kappa shape index (κ2) is 8.33. The molecular formula is C17H19BrN2O6. The van der Waals surface area contributed by atoms with Crippen molar-refractivity contribution in [3.8, 4) is 11.5 Å². The number of imide groups is 1. The first-order valence-electron chi connectivity index (χ1n) is 7.63. The SMILES string of the molecule is COCOc1cc(/C=C2/NC(=O)CN(C(C)=O)C2=O)c(Br)c(C)c1OC. The Labute approximate surface area is 159 Å². The van der Waals surface area contributed by atoms with Crippen LogP contribution in [0.15, 0.2) is 16.2 Å². The third kappa shape index (κ3) is 4.05. The van der Waals surface area contributed by atoms with Gasteiger partial charge < -0.3 is 19.5 Å². The second-order valence-electron chi connectivity index (χ2n) is 5.50. The molecule has 8 nitrogen and oxygen atoms in total. The van der Waals surface area contributed by atoms with Gasteiger partial charge in [-0.3, -0.25) is 19.3 Å². The van der Waals surface area contributed by atoms with Gasteiger partial charge in [0.15, 0.2) is 18.3 Å². The first-order valence-corrected chi connectivity index (χ1v) is 8.42. The van der Waals surface area contributed by atoms with E-state index >= 15 is 0 Å². The molecule has 1 N–H and O–H groups in total. The van der Waals surface area contributed by atoms with Crippen LogP contribution < -0.4 is 14.8 Å². The van der Waals surface area contributed by atoms with Crippen molar-refractivity contribution in [2.45, 2.75) is 13.8 Å². The van der Waals surface area contributed by atoms with Crippen molar-refractivity contribution in [2.75, 3.05) is 27.6 Å². The molecule has 140 valence electrons. The summed E-state index contributed by atoms with van der Waals surface area (Å²) >= 11 is 3.46. The smallest absolute Gasteiger partial charge is 0.277 e. The molecule has 0 aromatic heterocycles. The highest BCUT2D eigenvalue weighted by atomic mass is 79.9. The summed E-state index contributed by atoms with van der Waals surface area (Å²) in [5.41, 5.74) is 1.31. The summed E-state index contributed by atoms with van der Waals surface area (Å²) in [7, 11) is 3.01. The number of amides is 3. The largest absolute Gasteiger partial charge is 0.493 e. The van der Waals surface area contributed by atoms with Crippen LogP contribution >= 0.6 is 15.9 Å². The van der Waals surface area contributed by atoms with Gasteiger partial charge in [-0.15, -0.1) is 0 Å². The topological polar surface area (TPSA) is 94.2 Å². The van der Waals surface area contributed by atoms with Crippen LogP contribution in [0.1, 0.15) is 18.1 Å². The fourth-order valence-corrected chi connectivity index (χ4v) is 2.88. The number of hydrogen-bond donors (Lipinski definition) is 1. The Hall–Kier alpha value is -2.39. The quantitative estimate of drug-likeness (QED) is 0.567. The lowest BCUT2D eigenvalue weighted by atomic mass is 10.1.